The number of furan rings is 1. The number of nitrogens with zero attached hydrogens (tertiary/aromatic N) is 3. The van der Waals surface area contributed by atoms with Crippen molar-refractivity contribution in [2.24, 2.45) is 4.99 Å². The first-order valence-electron chi connectivity index (χ1n) is 6.82. The van der Waals surface area contributed by atoms with Crippen molar-refractivity contribution >= 4 is 17.7 Å². The van der Waals surface area contributed by atoms with Gasteiger partial charge in [-0.05, 0) is 26.2 Å². The van der Waals surface area contributed by atoms with E-state index in [0.717, 1.165) is 29.6 Å². The Kier molecular flexibility index (Phi) is 8.66. The Morgan fingerprint density at radius 3 is 2.91 bits per heavy atom. The van der Waals surface area contributed by atoms with Crippen LogP contribution in [0.1, 0.15) is 11.5 Å². The Balaban J connectivity index is 2.27. The van der Waals surface area contributed by atoms with Crippen LogP contribution in [-0.2, 0) is 12.3 Å². The molecule has 1 rings (SSSR count). The monoisotopic (exact) mass is 319 g/mol. The highest BCUT2D eigenvalue weighted by molar-refractivity contribution is 7.98. The number of nitrogens with one attached hydrogen (secondary N) is 2. The summed E-state index contributed by atoms with van der Waals surface area (Å²) in [6.45, 7) is 1.73. The second-order valence-electron chi connectivity index (χ2n) is 4.68. The average Bonchev–Trinajstić information content (AvgIpc) is 2.90. The van der Waals surface area contributed by atoms with Crippen LogP contribution in [0.3, 0.4) is 0 Å². The lowest BCUT2D eigenvalue weighted by atomic mass is 10.4. The summed E-state index contributed by atoms with van der Waals surface area (Å²) in [5, 5.41) is 13.9. The highest BCUT2D eigenvalue weighted by Gasteiger charge is 2.03. The van der Waals surface area contributed by atoms with Gasteiger partial charge in [0.05, 0.1) is 25.4 Å². The van der Waals surface area contributed by atoms with Gasteiger partial charge in [0.25, 0.3) is 0 Å². The highest BCUT2D eigenvalue weighted by atomic mass is 32.2. The van der Waals surface area contributed by atoms with E-state index in [4.69, 9.17) is 16.1 Å². The van der Waals surface area contributed by atoms with Crippen molar-refractivity contribution in [3.8, 4) is 18.5 Å². The minimum absolute atomic E-state index is 0.335. The lowest BCUT2D eigenvalue weighted by Crippen LogP contribution is -2.34. The zero-order valence-electron chi connectivity index (χ0n) is 12.9. The van der Waals surface area contributed by atoms with Crippen LogP contribution in [-0.4, -0.2) is 43.8 Å². The van der Waals surface area contributed by atoms with Crippen molar-refractivity contribution in [1.82, 2.24) is 15.5 Å². The van der Waals surface area contributed by atoms with Gasteiger partial charge in [0, 0.05) is 5.75 Å². The molecule has 0 bridgehead atoms. The summed E-state index contributed by atoms with van der Waals surface area (Å²) in [4.78, 5) is 6.31. The van der Waals surface area contributed by atoms with Crippen LogP contribution in [0.4, 0.5) is 0 Å². The highest BCUT2D eigenvalue weighted by Crippen LogP contribution is 2.16. The van der Waals surface area contributed by atoms with E-state index in [0.29, 0.717) is 19.0 Å². The van der Waals surface area contributed by atoms with Gasteiger partial charge in [-0.25, -0.2) is 0 Å². The van der Waals surface area contributed by atoms with Gasteiger partial charge >= 0.3 is 0 Å². The molecule has 1 aromatic rings. The zero-order valence-corrected chi connectivity index (χ0v) is 13.7. The second-order valence-corrected chi connectivity index (χ2v) is 5.79. The van der Waals surface area contributed by atoms with E-state index in [2.05, 4.69) is 26.4 Å². The number of hydrogen-bond donors (Lipinski definition) is 2. The molecule has 118 valence electrons. The predicted molar refractivity (Wildman–Crippen MR) is 90.1 cm³/mol. The van der Waals surface area contributed by atoms with Crippen molar-refractivity contribution in [3.63, 3.8) is 0 Å². The topological polar surface area (TPSA) is 76.6 Å². The maximum Gasteiger partial charge on any atom is 0.205 e. The van der Waals surface area contributed by atoms with Gasteiger partial charge in [0.2, 0.25) is 5.96 Å². The van der Waals surface area contributed by atoms with E-state index < -0.39 is 0 Å². The fourth-order valence-electron chi connectivity index (χ4n) is 1.62. The summed E-state index contributed by atoms with van der Waals surface area (Å²) in [6, 6.07) is 4.01. The number of hydrogen-bond acceptors (Lipinski definition) is 5. The molecular weight excluding hydrogens is 298 g/mol. The molecule has 0 saturated carbocycles. The molecule has 0 atom stereocenters. The number of terminal acetylenes is 1. The molecule has 0 aliphatic rings. The summed E-state index contributed by atoms with van der Waals surface area (Å²) < 4.78 is 5.73. The molecule has 0 aromatic carbocycles. The smallest absolute Gasteiger partial charge is 0.205 e. The number of guanidine groups is 1. The number of aliphatic imine (C=N–C) groups is 1. The van der Waals surface area contributed by atoms with Crippen LogP contribution >= 0.6 is 11.8 Å². The Bertz CT molecular complexity index is 553. The molecule has 0 saturated heterocycles. The average molecular weight is 319 g/mol. The maximum atomic E-state index is 8.60. The minimum atomic E-state index is 0.335. The first-order valence-corrected chi connectivity index (χ1v) is 7.98. The summed E-state index contributed by atoms with van der Waals surface area (Å²) in [7, 11) is 4.02. The van der Waals surface area contributed by atoms with Crippen LogP contribution in [0.5, 0.6) is 0 Å². The quantitative estimate of drug-likeness (QED) is 0.187. The van der Waals surface area contributed by atoms with Gasteiger partial charge in [-0.2, -0.15) is 17.0 Å². The normalized spacial score (nSPS) is 11.0. The molecular formula is C15H21N5OS. The van der Waals surface area contributed by atoms with E-state index in [9.17, 15) is 0 Å². The minimum Gasteiger partial charge on any atom is -0.464 e. The van der Waals surface area contributed by atoms with E-state index in [1.165, 1.54) is 0 Å². The molecule has 7 heteroatoms. The second kappa shape index (κ2) is 10.6. The first kappa shape index (κ1) is 18.0. The predicted octanol–water partition coefficient (Wildman–Crippen LogP) is 1.22. The van der Waals surface area contributed by atoms with E-state index in [-0.39, 0.29) is 0 Å². The van der Waals surface area contributed by atoms with E-state index >= 15 is 0 Å². The SMILES string of the molecule is C#CCN/C(=N/CCSCc1ccc(CN(C)C)o1)NC#N. The van der Waals surface area contributed by atoms with Crippen molar-refractivity contribution in [2.45, 2.75) is 12.3 Å². The molecule has 22 heavy (non-hydrogen) atoms. The third-order valence-corrected chi connectivity index (χ3v) is 3.43. The third kappa shape index (κ3) is 7.63. The Hall–Kier alpha value is -2.09. The van der Waals surface area contributed by atoms with E-state index in [1.807, 2.05) is 32.4 Å². The molecule has 2 N–H and O–H groups in total. The van der Waals surface area contributed by atoms with Gasteiger partial charge in [0.1, 0.15) is 11.5 Å². The molecule has 0 radical (unpaired) electrons. The summed E-state index contributed by atoms with van der Waals surface area (Å²) >= 11 is 1.73. The molecule has 1 aromatic heterocycles. The van der Waals surface area contributed by atoms with Gasteiger partial charge in [0.15, 0.2) is 6.19 Å². The molecule has 0 fully saturated rings. The van der Waals surface area contributed by atoms with Crippen LogP contribution in [0.15, 0.2) is 21.5 Å². The largest absolute Gasteiger partial charge is 0.464 e. The Morgan fingerprint density at radius 1 is 1.45 bits per heavy atom. The molecule has 1 heterocycles. The molecule has 0 spiro atoms. The Morgan fingerprint density at radius 2 is 2.23 bits per heavy atom. The fraction of sp³-hybridized carbons (Fsp3) is 0.467. The molecule has 0 aliphatic carbocycles. The zero-order chi connectivity index (χ0) is 16.2. The number of rotatable bonds is 8. The number of thioether (sulfide) groups is 1. The summed E-state index contributed by atoms with van der Waals surface area (Å²) in [5.41, 5.74) is 0. The van der Waals surface area contributed by atoms with Crippen molar-refractivity contribution in [1.29, 1.82) is 5.26 Å². The van der Waals surface area contributed by atoms with Crippen molar-refractivity contribution in [3.05, 3.63) is 23.7 Å². The third-order valence-electron chi connectivity index (χ3n) is 2.47. The summed E-state index contributed by atoms with van der Waals surface area (Å²) in [5.74, 6) is 6.42. The van der Waals surface area contributed by atoms with Gasteiger partial charge in [-0.1, -0.05) is 5.92 Å². The van der Waals surface area contributed by atoms with Gasteiger partial charge in [-0.3, -0.25) is 10.3 Å². The fourth-order valence-corrected chi connectivity index (χ4v) is 2.34. The molecule has 0 aliphatic heterocycles. The lowest BCUT2D eigenvalue weighted by Gasteiger charge is -2.06. The summed E-state index contributed by atoms with van der Waals surface area (Å²) in [6.07, 6.45) is 6.97. The standard InChI is InChI=1S/C15H21N5OS/c1-4-7-17-15(19-12-16)18-8-9-22-11-14-6-5-13(21-14)10-20(2)3/h1,5-6H,7-11H2,2-3H3,(H2,17,18,19). The van der Waals surface area contributed by atoms with Crippen molar-refractivity contribution in [2.75, 3.05) is 32.9 Å². The van der Waals surface area contributed by atoms with Crippen LogP contribution in [0.2, 0.25) is 0 Å². The van der Waals surface area contributed by atoms with E-state index in [1.54, 1.807) is 11.8 Å². The first-order chi connectivity index (χ1) is 10.7. The van der Waals surface area contributed by atoms with Crippen LogP contribution in [0.25, 0.3) is 0 Å². The van der Waals surface area contributed by atoms with Crippen LogP contribution < -0.4 is 10.6 Å². The van der Waals surface area contributed by atoms with Crippen LogP contribution in [0, 0.1) is 23.8 Å². The van der Waals surface area contributed by atoms with Gasteiger partial charge < -0.3 is 14.6 Å². The molecule has 0 amide bonds. The lowest BCUT2D eigenvalue weighted by molar-refractivity contribution is 0.344. The Labute approximate surface area is 136 Å². The molecule has 6 nitrogen and oxygen atoms in total. The molecule has 0 unspecified atom stereocenters. The van der Waals surface area contributed by atoms with Gasteiger partial charge in [-0.15, -0.1) is 6.42 Å². The maximum absolute atomic E-state index is 8.60. The van der Waals surface area contributed by atoms with Crippen molar-refractivity contribution < 1.29 is 4.42 Å². The number of nitriles is 1.